The van der Waals surface area contributed by atoms with Crippen molar-refractivity contribution in [1.29, 1.82) is 0 Å². The van der Waals surface area contributed by atoms with Crippen LogP contribution in [0.2, 0.25) is 0 Å². The van der Waals surface area contributed by atoms with Gasteiger partial charge in [0.1, 0.15) is 5.75 Å². The number of nitrogens with zero attached hydrogens (tertiary/aromatic N) is 2. The highest BCUT2D eigenvalue weighted by Crippen LogP contribution is 2.16. The van der Waals surface area contributed by atoms with E-state index < -0.39 is 5.91 Å². The molecule has 3 aromatic rings. The van der Waals surface area contributed by atoms with E-state index in [1.807, 2.05) is 50.2 Å². The SMILES string of the molecule is Cc1ccc(OCC(=O)NCCNC(=O)c2nc(-c3ccc(C)cc3)no2)cc1. The molecule has 0 fully saturated rings. The molecule has 8 heteroatoms. The van der Waals surface area contributed by atoms with Crippen molar-refractivity contribution in [2.75, 3.05) is 19.7 Å². The Morgan fingerprint density at radius 3 is 2.24 bits per heavy atom. The first-order valence-electron chi connectivity index (χ1n) is 9.16. The van der Waals surface area contributed by atoms with E-state index in [0.717, 1.165) is 16.7 Å². The van der Waals surface area contributed by atoms with E-state index in [-0.39, 0.29) is 31.5 Å². The van der Waals surface area contributed by atoms with Crippen molar-refractivity contribution in [2.45, 2.75) is 13.8 Å². The fourth-order valence-corrected chi connectivity index (χ4v) is 2.42. The maximum Gasteiger partial charge on any atom is 0.316 e. The average Bonchev–Trinajstić information content (AvgIpc) is 3.21. The summed E-state index contributed by atoms with van der Waals surface area (Å²) < 4.78 is 10.4. The highest BCUT2D eigenvalue weighted by molar-refractivity contribution is 5.89. The molecule has 0 aliphatic rings. The van der Waals surface area contributed by atoms with Crippen LogP contribution in [0, 0.1) is 13.8 Å². The molecule has 2 amide bonds. The lowest BCUT2D eigenvalue weighted by Gasteiger charge is -2.08. The van der Waals surface area contributed by atoms with Crippen molar-refractivity contribution in [3.05, 3.63) is 65.5 Å². The molecule has 0 saturated carbocycles. The number of benzene rings is 2. The fourth-order valence-electron chi connectivity index (χ4n) is 2.42. The first-order chi connectivity index (χ1) is 14.0. The van der Waals surface area contributed by atoms with Crippen LogP contribution in [-0.2, 0) is 4.79 Å². The first kappa shape index (κ1) is 20.1. The molecular formula is C21H22N4O4. The highest BCUT2D eigenvalue weighted by atomic mass is 16.5. The van der Waals surface area contributed by atoms with Crippen molar-refractivity contribution >= 4 is 11.8 Å². The number of carbonyl (C=O) groups excluding carboxylic acids is 2. The van der Waals surface area contributed by atoms with Gasteiger partial charge in [-0.3, -0.25) is 9.59 Å². The predicted octanol–water partition coefficient (Wildman–Crippen LogP) is 2.28. The van der Waals surface area contributed by atoms with Crippen LogP contribution >= 0.6 is 0 Å². The van der Waals surface area contributed by atoms with E-state index in [9.17, 15) is 9.59 Å². The lowest BCUT2D eigenvalue weighted by atomic mass is 10.1. The van der Waals surface area contributed by atoms with Gasteiger partial charge in [0.25, 0.3) is 5.91 Å². The molecule has 150 valence electrons. The zero-order valence-electron chi connectivity index (χ0n) is 16.3. The Kier molecular flexibility index (Phi) is 6.57. The Morgan fingerprint density at radius 2 is 1.55 bits per heavy atom. The van der Waals surface area contributed by atoms with Crippen LogP contribution in [-0.4, -0.2) is 41.7 Å². The van der Waals surface area contributed by atoms with Gasteiger partial charge in [-0.2, -0.15) is 4.98 Å². The lowest BCUT2D eigenvalue weighted by Crippen LogP contribution is -2.36. The van der Waals surface area contributed by atoms with Gasteiger partial charge in [0.2, 0.25) is 5.82 Å². The largest absolute Gasteiger partial charge is 0.484 e. The summed E-state index contributed by atoms with van der Waals surface area (Å²) in [5, 5.41) is 9.10. The standard InChI is InChI=1S/C21H22N4O4/c1-14-3-7-16(8-4-14)19-24-21(29-25-19)20(27)23-12-11-22-18(26)13-28-17-9-5-15(2)6-10-17/h3-10H,11-13H2,1-2H3,(H,22,26)(H,23,27). The summed E-state index contributed by atoms with van der Waals surface area (Å²) in [7, 11) is 0. The first-order valence-corrected chi connectivity index (χ1v) is 9.16. The summed E-state index contributed by atoms with van der Waals surface area (Å²) in [5.41, 5.74) is 2.99. The third kappa shape index (κ3) is 5.90. The van der Waals surface area contributed by atoms with Gasteiger partial charge in [0.05, 0.1) is 0 Å². The lowest BCUT2D eigenvalue weighted by molar-refractivity contribution is -0.123. The van der Waals surface area contributed by atoms with Crippen LogP contribution in [0.4, 0.5) is 0 Å². The van der Waals surface area contributed by atoms with Gasteiger partial charge in [-0.25, -0.2) is 0 Å². The second-order valence-corrected chi connectivity index (χ2v) is 6.50. The fraction of sp³-hybridized carbons (Fsp3) is 0.238. The van der Waals surface area contributed by atoms with Crippen molar-refractivity contribution in [2.24, 2.45) is 0 Å². The molecule has 2 N–H and O–H groups in total. The third-order valence-corrected chi connectivity index (χ3v) is 4.05. The number of ether oxygens (including phenoxy) is 1. The molecule has 1 aromatic heterocycles. The Labute approximate surface area is 168 Å². The van der Waals surface area contributed by atoms with E-state index in [2.05, 4.69) is 20.8 Å². The summed E-state index contributed by atoms with van der Waals surface area (Å²) in [6.45, 7) is 4.33. The van der Waals surface area contributed by atoms with E-state index in [1.165, 1.54) is 0 Å². The Bertz CT molecular complexity index is 965. The molecule has 0 spiro atoms. The number of carbonyl (C=O) groups is 2. The quantitative estimate of drug-likeness (QED) is 0.568. The molecule has 0 bridgehead atoms. The summed E-state index contributed by atoms with van der Waals surface area (Å²) in [4.78, 5) is 28.0. The summed E-state index contributed by atoms with van der Waals surface area (Å²) in [5.74, 6) is 0.0615. The molecule has 0 aliphatic heterocycles. The number of hydrogen-bond acceptors (Lipinski definition) is 6. The molecule has 8 nitrogen and oxygen atoms in total. The summed E-state index contributed by atoms with van der Waals surface area (Å²) >= 11 is 0. The molecule has 2 aromatic carbocycles. The number of nitrogens with one attached hydrogen (secondary N) is 2. The monoisotopic (exact) mass is 394 g/mol. The zero-order chi connectivity index (χ0) is 20.6. The van der Waals surface area contributed by atoms with Crippen LogP contribution in [0.1, 0.15) is 21.8 Å². The minimum Gasteiger partial charge on any atom is -0.484 e. The second-order valence-electron chi connectivity index (χ2n) is 6.50. The van der Waals surface area contributed by atoms with Crippen molar-refractivity contribution in [3.63, 3.8) is 0 Å². The van der Waals surface area contributed by atoms with Gasteiger partial charge < -0.3 is 19.9 Å². The van der Waals surface area contributed by atoms with Gasteiger partial charge >= 0.3 is 11.8 Å². The van der Waals surface area contributed by atoms with E-state index in [0.29, 0.717) is 11.6 Å². The van der Waals surface area contributed by atoms with E-state index in [1.54, 1.807) is 12.1 Å². The minimum absolute atomic E-state index is 0.0967. The Morgan fingerprint density at radius 1 is 0.931 bits per heavy atom. The molecular weight excluding hydrogens is 372 g/mol. The maximum absolute atomic E-state index is 12.1. The van der Waals surface area contributed by atoms with Crippen molar-refractivity contribution < 1.29 is 18.8 Å². The number of rotatable bonds is 8. The van der Waals surface area contributed by atoms with Gasteiger partial charge in [-0.15, -0.1) is 0 Å². The topological polar surface area (TPSA) is 106 Å². The highest BCUT2D eigenvalue weighted by Gasteiger charge is 2.15. The van der Waals surface area contributed by atoms with Crippen LogP contribution in [0.25, 0.3) is 11.4 Å². The average molecular weight is 394 g/mol. The van der Waals surface area contributed by atoms with Gasteiger partial charge in [0, 0.05) is 18.7 Å². The number of hydrogen-bond donors (Lipinski definition) is 2. The van der Waals surface area contributed by atoms with Gasteiger partial charge in [0.15, 0.2) is 6.61 Å². The maximum atomic E-state index is 12.1. The van der Waals surface area contributed by atoms with E-state index in [4.69, 9.17) is 9.26 Å². The minimum atomic E-state index is -0.499. The molecule has 0 unspecified atom stereocenters. The van der Waals surface area contributed by atoms with E-state index >= 15 is 0 Å². The molecule has 0 aliphatic carbocycles. The molecule has 0 atom stereocenters. The molecule has 3 rings (SSSR count). The predicted molar refractivity (Wildman–Crippen MR) is 106 cm³/mol. The second kappa shape index (κ2) is 9.50. The van der Waals surface area contributed by atoms with Crippen molar-refractivity contribution in [1.82, 2.24) is 20.8 Å². The van der Waals surface area contributed by atoms with Crippen LogP contribution in [0.5, 0.6) is 5.75 Å². The normalized spacial score (nSPS) is 10.4. The summed E-state index contributed by atoms with van der Waals surface area (Å²) in [6, 6.07) is 15.0. The smallest absolute Gasteiger partial charge is 0.316 e. The molecule has 1 heterocycles. The Hall–Kier alpha value is -3.68. The number of amides is 2. The Balaban J connectivity index is 1.38. The zero-order valence-corrected chi connectivity index (χ0v) is 16.3. The van der Waals surface area contributed by atoms with Gasteiger partial charge in [-0.05, 0) is 26.0 Å². The number of aryl methyl sites for hydroxylation is 2. The number of aromatic nitrogens is 2. The van der Waals surface area contributed by atoms with Gasteiger partial charge in [-0.1, -0.05) is 52.7 Å². The molecule has 0 saturated heterocycles. The van der Waals surface area contributed by atoms with Crippen LogP contribution in [0.3, 0.4) is 0 Å². The molecule has 29 heavy (non-hydrogen) atoms. The summed E-state index contributed by atoms with van der Waals surface area (Å²) in [6.07, 6.45) is 0. The van der Waals surface area contributed by atoms with Crippen LogP contribution in [0.15, 0.2) is 53.1 Å². The van der Waals surface area contributed by atoms with Crippen molar-refractivity contribution in [3.8, 4) is 17.1 Å². The molecule has 0 radical (unpaired) electrons. The van der Waals surface area contributed by atoms with Crippen LogP contribution < -0.4 is 15.4 Å². The third-order valence-electron chi connectivity index (χ3n) is 4.05.